The van der Waals surface area contributed by atoms with Crippen LogP contribution in [0.1, 0.15) is 37.3 Å². The minimum absolute atomic E-state index is 0.117. The molecule has 0 bridgehead atoms. The van der Waals surface area contributed by atoms with Crippen molar-refractivity contribution in [2.24, 2.45) is 5.10 Å². The van der Waals surface area contributed by atoms with Gasteiger partial charge in [-0.25, -0.2) is 9.82 Å². The molecule has 0 aliphatic rings. The van der Waals surface area contributed by atoms with E-state index in [1.54, 1.807) is 6.07 Å². The van der Waals surface area contributed by atoms with Gasteiger partial charge in [0.2, 0.25) is 0 Å². The molecule has 1 N–H and O–H groups in total. The molecule has 0 aliphatic carbocycles. The van der Waals surface area contributed by atoms with E-state index in [1.165, 1.54) is 17.7 Å². The molecule has 25 heavy (non-hydrogen) atoms. The largest absolute Gasteiger partial charge is 0.484 e. The Labute approximate surface area is 151 Å². The Balaban J connectivity index is 1.83. The molecule has 4 nitrogen and oxygen atoms in total. The fraction of sp³-hybridized carbons (Fsp3) is 0.263. The highest BCUT2D eigenvalue weighted by molar-refractivity contribution is 6.33. The van der Waals surface area contributed by atoms with Gasteiger partial charge in [0, 0.05) is 5.56 Å². The van der Waals surface area contributed by atoms with E-state index in [0.717, 1.165) is 12.6 Å². The molecular formula is C19H20ClFN2O2. The predicted molar refractivity (Wildman–Crippen MR) is 97.8 cm³/mol. The van der Waals surface area contributed by atoms with E-state index in [1.807, 2.05) is 24.3 Å². The van der Waals surface area contributed by atoms with E-state index in [-0.39, 0.29) is 17.2 Å². The maximum Gasteiger partial charge on any atom is 0.277 e. The van der Waals surface area contributed by atoms with Crippen LogP contribution in [0, 0.1) is 5.82 Å². The van der Waals surface area contributed by atoms with Crippen LogP contribution < -0.4 is 10.2 Å². The SMILES string of the molecule is CCC(C)c1ccc(OCC(=O)N/N=C/c2c(F)cccc2Cl)cc1. The van der Waals surface area contributed by atoms with Gasteiger partial charge in [-0.15, -0.1) is 0 Å². The first-order valence-electron chi connectivity index (χ1n) is 8.00. The molecule has 0 aliphatic heterocycles. The molecule has 0 fully saturated rings. The van der Waals surface area contributed by atoms with Crippen LogP contribution in [-0.2, 0) is 4.79 Å². The summed E-state index contributed by atoms with van der Waals surface area (Å²) in [6.07, 6.45) is 2.23. The van der Waals surface area contributed by atoms with Crippen molar-refractivity contribution >= 4 is 23.7 Å². The lowest BCUT2D eigenvalue weighted by Crippen LogP contribution is -2.24. The highest BCUT2D eigenvalue weighted by Crippen LogP contribution is 2.21. The maximum absolute atomic E-state index is 13.5. The average Bonchev–Trinajstić information content (AvgIpc) is 2.62. The minimum Gasteiger partial charge on any atom is -0.484 e. The molecule has 6 heteroatoms. The van der Waals surface area contributed by atoms with E-state index in [4.69, 9.17) is 16.3 Å². The zero-order valence-corrected chi connectivity index (χ0v) is 14.9. The lowest BCUT2D eigenvalue weighted by molar-refractivity contribution is -0.123. The monoisotopic (exact) mass is 362 g/mol. The number of carbonyl (C=O) groups is 1. The van der Waals surface area contributed by atoms with Gasteiger partial charge in [-0.2, -0.15) is 5.10 Å². The number of ether oxygens (including phenoxy) is 1. The first kappa shape index (κ1) is 18.9. The fourth-order valence-corrected chi connectivity index (χ4v) is 2.32. The lowest BCUT2D eigenvalue weighted by Gasteiger charge is -2.10. The van der Waals surface area contributed by atoms with Crippen molar-refractivity contribution in [3.8, 4) is 5.75 Å². The van der Waals surface area contributed by atoms with Crippen molar-refractivity contribution in [2.45, 2.75) is 26.2 Å². The third kappa shape index (κ3) is 5.57. The summed E-state index contributed by atoms with van der Waals surface area (Å²) in [6.45, 7) is 4.10. The fourth-order valence-electron chi connectivity index (χ4n) is 2.11. The number of hydrogen-bond donors (Lipinski definition) is 1. The third-order valence-electron chi connectivity index (χ3n) is 3.81. The van der Waals surface area contributed by atoms with Crippen molar-refractivity contribution in [3.63, 3.8) is 0 Å². The van der Waals surface area contributed by atoms with Gasteiger partial charge in [-0.05, 0) is 42.2 Å². The normalized spacial score (nSPS) is 12.2. The smallest absolute Gasteiger partial charge is 0.277 e. The Morgan fingerprint density at radius 1 is 1.32 bits per heavy atom. The summed E-state index contributed by atoms with van der Waals surface area (Å²) >= 11 is 5.86. The van der Waals surface area contributed by atoms with Crippen molar-refractivity contribution in [3.05, 3.63) is 64.4 Å². The predicted octanol–water partition coefficient (Wildman–Crippen LogP) is 4.52. The molecule has 2 aromatic carbocycles. The summed E-state index contributed by atoms with van der Waals surface area (Å²) in [5.74, 6) is 0.123. The first-order chi connectivity index (χ1) is 12.0. The van der Waals surface area contributed by atoms with E-state index in [0.29, 0.717) is 11.7 Å². The summed E-state index contributed by atoms with van der Waals surface area (Å²) in [7, 11) is 0. The molecule has 2 aromatic rings. The van der Waals surface area contributed by atoms with E-state index < -0.39 is 11.7 Å². The topological polar surface area (TPSA) is 50.7 Å². The Morgan fingerprint density at radius 2 is 2.04 bits per heavy atom. The van der Waals surface area contributed by atoms with Crippen molar-refractivity contribution in [1.82, 2.24) is 5.43 Å². The Kier molecular flexibility index (Phi) is 6.95. The number of hydrogen-bond acceptors (Lipinski definition) is 3. The Hall–Kier alpha value is -2.40. The number of halogens is 2. The van der Waals surface area contributed by atoms with Crippen LogP contribution in [0.3, 0.4) is 0 Å². The average molecular weight is 363 g/mol. The van der Waals surface area contributed by atoms with Gasteiger partial charge in [0.25, 0.3) is 5.91 Å². The molecule has 0 radical (unpaired) electrons. The summed E-state index contributed by atoms with van der Waals surface area (Å²) < 4.78 is 18.9. The highest BCUT2D eigenvalue weighted by atomic mass is 35.5. The second-order valence-corrected chi connectivity index (χ2v) is 6.00. The maximum atomic E-state index is 13.5. The molecule has 0 spiro atoms. The second-order valence-electron chi connectivity index (χ2n) is 5.60. The zero-order valence-electron chi connectivity index (χ0n) is 14.1. The van der Waals surface area contributed by atoms with E-state index in [2.05, 4.69) is 24.4 Å². The summed E-state index contributed by atoms with van der Waals surface area (Å²) in [4.78, 5) is 11.7. The first-order valence-corrected chi connectivity index (χ1v) is 8.37. The number of nitrogens with zero attached hydrogens (tertiary/aromatic N) is 1. The Morgan fingerprint density at radius 3 is 2.68 bits per heavy atom. The van der Waals surface area contributed by atoms with Crippen LogP contribution in [0.4, 0.5) is 4.39 Å². The molecule has 0 saturated carbocycles. The molecule has 1 amide bonds. The van der Waals surface area contributed by atoms with Gasteiger partial charge in [0.1, 0.15) is 11.6 Å². The number of benzene rings is 2. The Bertz CT molecular complexity index is 727. The van der Waals surface area contributed by atoms with Gasteiger partial charge < -0.3 is 4.74 Å². The second kappa shape index (κ2) is 9.18. The van der Waals surface area contributed by atoms with Crippen molar-refractivity contribution in [1.29, 1.82) is 0 Å². The number of nitrogens with one attached hydrogen (secondary N) is 1. The van der Waals surface area contributed by atoms with Crippen LogP contribution in [-0.4, -0.2) is 18.7 Å². The number of carbonyl (C=O) groups excluding carboxylic acids is 1. The van der Waals surface area contributed by atoms with Gasteiger partial charge in [0.15, 0.2) is 6.61 Å². The lowest BCUT2D eigenvalue weighted by atomic mass is 9.99. The van der Waals surface area contributed by atoms with E-state index >= 15 is 0 Å². The standard InChI is InChI=1S/C19H20ClFN2O2/c1-3-13(2)14-7-9-15(10-8-14)25-12-19(24)23-22-11-16-17(20)5-4-6-18(16)21/h4-11,13H,3,12H2,1-2H3,(H,23,24)/b22-11+. The number of rotatable bonds is 7. The van der Waals surface area contributed by atoms with Crippen molar-refractivity contribution in [2.75, 3.05) is 6.61 Å². The van der Waals surface area contributed by atoms with Gasteiger partial charge in [-0.3, -0.25) is 4.79 Å². The minimum atomic E-state index is -0.511. The molecule has 2 rings (SSSR count). The summed E-state index contributed by atoms with van der Waals surface area (Å²) in [5, 5.41) is 3.91. The number of hydrazone groups is 1. The van der Waals surface area contributed by atoms with E-state index in [9.17, 15) is 9.18 Å². The molecule has 0 heterocycles. The van der Waals surface area contributed by atoms with Gasteiger partial charge in [0.05, 0.1) is 11.2 Å². The van der Waals surface area contributed by atoms with Crippen LogP contribution in [0.5, 0.6) is 5.75 Å². The van der Waals surface area contributed by atoms with Gasteiger partial charge in [-0.1, -0.05) is 43.6 Å². The highest BCUT2D eigenvalue weighted by Gasteiger charge is 2.06. The molecule has 1 atom stereocenters. The molecule has 0 saturated heterocycles. The third-order valence-corrected chi connectivity index (χ3v) is 4.14. The molecule has 1 unspecified atom stereocenters. The van der Waals surface area contributed by atoms with Crippen LogP contribution >= 0.6 is 11.6 Å². The van der Waals surface area contributed by atoms with Crippen molar-refractivity contribution < 1.29 is 13.9 Å². The molecule has 0 aromatic heterocycles. The zero-order chi connectivity index (χ0) is 18.2. The summed E-state index contributed by atoms with van der Waals surface area (Å²) in [6, 6.07) is 11.9. The summed E-state index contributed by atoms with van der Waals surface area (Å²) in [5.41, 5.74) is 3.62. The van der Waals surface area contributed by atoms with Crippen LogP contribution in [0.2, 0.25) is 5.02 Å². The van der Waals surface area contributed by atoms with Crippen LogP contribution in [0.15, 0.2) is 47.6 Å². The van der Waals surface area contributed by atoms with Crippen LogP contribution in [0.25, 0.3) is 0 Å². The van der Waals surface area contributed by atoms with Gasteiger partial charge >= 0.3 is 0 Å². The number of amides is 1. The molecular weight excluding hydrogens is 343 g/mol. The quantitative estimate of drug-likeness (QED) is 0.581. The molecule has 132 valence electrons.